The molecule has 6 nitrogen and oxygen atoms in total. The largest absolute Gasteiger partial charge is 0.385 e. The highest BCUT2D eigenvalue weighted by atomic mass is 16.5. The van der Waals surface area contributed by atoms with E-state index in [1.807, 2.05) is 0 Å². The Kier molecular flexibility index (Phi) is 10.5. The Morgan fingerprint density at radius 1 is 1.15 bits per heavy atom. The zero-order chi connectivity index (χ0) is 19.5. The number of hydrogen-bond acceptors (Lipinski definition) is 4. The third-order valence-corrected chi connectivity index (χ3v) is 5.70. The molecule has 0 aromatic carbocycles. The number of methoxy groups -OCH3 is 1. The molecule has 0 amide bonds. The van der Waals surface area contributed by atoms with E-state index in [0.29, 0.717) is 18.1 Å². The normalized spacial score (nSPS) is 23.2. The molecule has 2 heterocycles. The van der Waals surface area contributed by atoms with Crippen LogP contribution in [0.15, 0.2) is 4.99 Å². The average molecular weight is 383 g/mol. The van der Waals surface area contributed by atoms with Crippen molar-refractivity contribution in [3.8, 4) is 0 Å². The lowest BCUT2D eigenvalue weighted by Crippen LogP contribution is -2.47. The SMILES string of the molecule is CCNC(=NCC1CCCN(C(C)C)C1)N1CCC(OCCCOC)CC1. The summed E-state index contributed by atoms with van der Waals surface area (Å²) in [6.07, 6.45) is 6.16. The first-order chi connectivity index (χ1) is 13.1. The van der Waals surface area contributed by atoms with Crippen LogP contribution < -0.4 is 5.32 Å². The van der Waals surface area contributed by atoms with Crippen LogP contribution in [0.5, 0.6) is 0 Å². The van der Waals surface area contributed by atoms with E-state index in [2.05, 4.69) is 35.9 Å². The first-order valence-electron chi connectivity index (χ1n) is 11.0. The molecule has 2 aliphatic heterocycles. The number of guanidine groups is 1. The van der Waals surface area contributed by atoms with Gasteiger partial charge in [0, 0.05) is 59.1 Å². The molecular formula is C21H42N4O2. The molecule has 0 bridgehead atoms. The summed E-state index contributed by atoms with van der Waals surface area (Å²) in [5, 5.41) is 3.51. The smallest absolute Gasteiger partial charge is 0.193 e. The van der Waals surface area contributed by atoms with Gasteiger partial charge in [-0.3, -0.25) is 4.99 Å². The summed E-state index contributed by atoms with van der Waals surface area (Å²) in [6, 6.07) is 0.646. The van der Waals surface area contributed by atoms with E-state index in [-0.39, 0.29) is 0 Å². The van der Waals surface area contributed by atoms with E-state index >= 15 is 0 Å². The molecule has 158 valence electrons. The van der Waals surface area contributed by atoms with Gasteiger partial charge in [-0.15, -0.1) is 0 Å². The third-order valence-electron chi connectivity index (χ3n) is 5.70. The van der Waals surface area contributed by atoms with Crippen LogP contribution in [0.3, 0.4) is 0 Å². The molecule has 1 unspecified atom stereocenters. The molecule has 2 fully saturated rings. The van der Waals surface area contributed by atoms with E-state index in [1.165, 1.54) is 25.9 Å². The minimum atomic E-state index is 0.388. The Morgan fingerprint density at radius 2 is 1.93 bits per heavy atom. The van der Waals surface area contributed by atoms with Crippen molar-refractivity contribution in [2.45, 2.75) is 65.0 Å². The van der Waals surface area contributed by atoms with Crippen molar-refractivity contribution in [2.75, 3.05) is 59.6 Å². The van der Waals surface area contributed by atoms with Crippen molar-refractivity contribution in [2.24, 2.45) is 10.9 Å². The lowest BCUT2D eigenvalue weighted by Gasteiger charge is -2.36. The highest BCUT2D eigenvalue weighted by Gasteiger charge is 2.24. The van der Waals surface area contributed by atoms with Gasteiger partial charge in [0.05, 0.1) is 6.10 Å². The Hall–Kier alpha value is -0.850. The van der Waals surface area contributed by atoms with Crippen molar-refractivity contribution >= 4 is 5.96 Å². The molecule has 0 spiro atoms. The maximum Gasteiger partial charge on any atom is 0.193 e. The molecule has 0 aliphatic carbocycles. The minimum Gasteiger partial charge on any atom is -0.385 e. The first kappa shape index (κ1) is 22.4. The van der Waals surface area contributed by atoms with E-state index in [4.69, 9.17) is 14.5 Å². The second-order valence-corrected chi connectivity index (χ2v) is 8.20. The molecule has 0 aromatic rings. The van der Waals surface area contributed by atoms with Gasteiger partial charge in [0.25, 0.3) is 0 Å². The second kappa shape index (κ2) is 12.6. The van der Waals surface area contributed by atoms with Gasteiger partial charge < -0.3 is 24.6 Å². The zero-order valence-corrected chi connectivity index (χ0v) is 18.1. The van der Waals surface area contributed by atoms with Crippen LogP contribution in [0.25, 0.3) is 0 Å². The zero-order valence-electron chi connectivity index (χ0n) is 18.1. The number of ether oxygens (including phenoxy) is 2. The summed E-state index contributed by atoms with van der Waals surface area (Å²) in [5.74, 6) is 1.79. The van der Waals surface area contributed by atoms with Gasteiger partial charge in [-0.05, 0) is 65.3 Å². The van der Waals surface area contributed by atoms with Crippen molar-refractivity contribution in [1.82, 2.24) is 15.1 Å². The monoisotopic (exact) mass is 382 g/mol. The molecule has 2 aliphatic rings. The predicted octanol–water partition coefficient (Wildman–Crippen LogP) is 2.59. The summed E-state index contributed by atoms with van der Waals surface area (Å²) >= 11 is 0. The van der Waals surface area contributed by atoms with Gasteiger partial charge >= 0.3 is 0 Å². The molecule has 2 saturated heterocycles. The van der Waals surface area contributed by atoms with Crippen LogP contribution in [0.4, 0.5) is 0 Å². The summed E-state index contributed by atoms with van der Waals surface area (Å²) in [4.78, 5) is 10.0. The van der Waals surface area contributed by atoms with Gasteiger partial charge in [0.1, 0.15) is 0 Å². The summed E-state index contributed by atoms with van der Waals surface area (Å²) < 4.78 is 11.1. The van der Waals surface area contributed by atoms with Crippen LogP contribution in [-0.4, -0.2) is 87.5 Å². The molecule has 0 saturated carbocycles. The van der Waals surface area contributed by atoms with E-state index in [1.54, 1.807) is 7.11 Å². The number of aliphatic imine (C=N–C) groups is 1. The Labute approximate surface area is 166 Å². The number of rotatable bonds is 9. The summed E-state index contributed by atoms with van der Waals surface area (Å²) in [5.41, 5.74) is 0. The van der Waals surface area contributed by atoms with Crippen LogP contribution in [0.2, 0.25) is 0 Å². The van der Waals surface area contributed by atoms with Crippen molar-refractivity contribution < 1.29 is 9.47 Å². The van der Waals surface area contributed by atoms with E-state index in [0.717, 1.165) is 64.6 Å². The number of nitrogens with one attached hydrogen (secondary N) is 1. The minimum absolute atomic E-state index is 0.388. The average Bonchev–Trinajstić information content (AvgIpc) is 2.69. The van der Waals surface area contributed by atoms with E-state index in [9.17, 15) is 0 Å². The Balaban J connectivity index is 1.78. The van der Waals surface area contributed by atoms with Crippen LogP contribution in [0.1, 0.15) is 52.9 Å². The van der Waals surface area contributed by atoms with Crippen molar-refractivity contribution in [3.05, 3.63) is 0 Å². The molecule has 1 atom stereocenters. The second-order valence-electron chi connectivity index (χ2n) is 8.20. The summed E-state index contributed by atoms with van der Waals surface area (Å²) in [6.45, 7) is 14.7. The maximum absolute atomic E-state index is 5.99. The van der Waals surface area contributed by atoms with Gasteiger partial charge in [-0.25, -0.2) is 0 Å². The number of hydrogen-bond donors (Lipinski definition) is 1. The lowest BCUT2D eigenvalue weighted by atomic mass is 9.97. The highest BCUT2D eigenvalue weighted by molar-refractivity contribution is 5.80. The molecule has 27 heavy (non-hydrogen) atoms. The Bertz CT molecular complexity index is 422. The summed E-state index contributed by atoms with van der Waals surface area (Å²) in [7, 11) is 1.74. The van der Waals surface area contributed by atoms with Gasteiger partial charge in [-0.1, -0.05) is 0 Å². The van der Waals surface area contributed by atoms with Crippen LogP contribution in [0, 0.1) is 5.92 Å². The van der Waals surface area contributed by atoms with Gasteiger partial charge in [0.15, 0.2) is 5.96 Å². The van der Waals surface area contributed by atoms with Gasteiger partial charge in [-0.2, -0.15) is 0 Å². The fourth-order valence-electron chi connectivity index (χ4n) is 4.04. The fraction of sp³-hybridized carbons (Fsp3) is 0.952. The fourth-order valence-corrected chi connectivity index (χ4v) is 4.04. The predicted molar refractivity (Wildman–Crippen MR) is 112 cm³/mol. The van der Waals surface area contributed by atoms with Crippen LogP contribution in [-0.2, 0) is 9.47 Å². The molecule has 0 radical (unpaired) electrons. The lowest BCUT2D eigenvalue weighted by molar-refractivity contribution is 0.00988. The molecule has 1 N–H and O–H groups in total. The number of piperidine rings is 2. The van der Waals surface area contributed by atoms with Gasteiger partial charge in [0.2, 0.25) is 0 Å². The standard InChI is InChI=1S/C21H42N4O2/c1-5-22-21(23-16-19-8-6-11-25(17-19)18(2)3)24-12-9-20(10-13-24)27-15-7-14-26-4/h18-20H,5-17H2,1-4H3,(H,22,23). The molecule has 6 heteroatoms. The molecule has 2 rings (SSSR count). The number of likely N-dealkylation sites (tertiary alicyclic amines) is 2. The molecular weight excluding hydrogens is 340 g/mol. The topological polar surface area (TPSA) is 49.3 Å². The third kappa shape index (κ3) is 7.96. The highest BCUT2D eigenvalue weighted by Crippen LogP contribution is 2.19. The Morgan fingerprint density at radius 3 is 2.59 bits per heavy atom. The van der Waals surface area contributed by atoms with Crippen LogP contribution >= 0.6 is 0 Å². The maximum atomic E-state index is 5.99. The number of nitrogens with zero attached hydrogens (tertiary/aromatic N) is 3. The molecule has 0 aromatic heterocycles. The van der Waals surface area contributed by atoms with Crippen molar-refractivity contribution in [1.29, 1.82) is 0 Å². The van der Waals surface area contributed by atoms with E-state index < -0.39 is 0 Å². The first-order valence-corrected chi connectivity index (χ1v) is 11.0. The van der Waals surface area contributed by atoms with Crippen molar-refractivity contribution in [3.63, 3.8) is 0 Å². The quantitative estimate of drug-likeness (QED) is 0.377.